The summed E-state index contributed by atoms with van der Waals surface area (Å²) in [5, 5.41) is 24.4. The number of imidazole rings is 2. The van der Waals surface area contributed by atoms with Crippen molar-refractivity contribution in [2.45, 2.75) is 56.3 Å². The fourth-order valence-electron chi connectivity index (χ4n) is 4.66. The zero-order chi connectivity index (χ0) is 28.6. The van der Waals surface area contributed by atoms with Crippen LogP contribution in [-0.4, -0.2) is 89.5 Å². The lowest BCUT2D eigenvalue weighted by Crippen LogP contribution is -2.57. The molecular weight excluding hydrogens is 520 g/mol. The van der Waals surface area contributed by atoms with Gasteiger partial charge >= 0.3 is 5.97 Å². The summed E-state index contributed by atoms with van der Waals surface area (Å²) in [5.41, 5.74) is 8.00. The monoisotopic (exact) mass is 552 g/mol. The standard InChI is InChI=1S/C26H32N8O6/c27-19(8-15-3-5-18(35)6-4-15)23(36)32-20(9-16-11-28-13-30-16)25(38)34-7-1-2-22(34)24(37)33-21(26(39)40)10-17-12-29-14-31-17/h3-6,11-14,19-22,35H,1-2,7-10,27H2,(H,28,30)(H,29,31)(H,32,36)(H,33,37)(H,39,40). The second kappa shape index (κ2) is 12.9. The molecule has 3 amide bonds. The smallest absolute Gasteiger partial charge is 0.326 e. The highest BCUT2D eigenvalue weighted by atomic mass is 16.4. The summed E-state index contributed by atoms with van der Waals surface area (Å²) < 4.78 is 0. The number of nitrogens with zero attached hydrogens (tertiary/aromatic N) is 3. The number of phenols is 1. The quantitative estimate of drug-likeness (QED) is 0.150. The van der Waals surface area contributed by atoms with Gasteiger partial charge in [-0.15, -0.1) is 0 Å². The molecule has 1 aromatic carbocycles. The highest BCUT2D eigenvalue weighted by molar-refractivity contribution is 5.94. The molecule has 0 bridgehead atoms. The number of aliphatic carboxylic acids is 1. The molecule has 0 spiro atoms. The van der Waals surface area contributed by atoms with Crippen molar-refractivity contribution >= 4 is 23.7 Å². The minimum absolute atomic E-state index is 0.000827. The van der Waals surface area contributed by atoms with E-state index in [9.17, 15) is 29.4 Å². The summed E-state index contributed by atoms with van der Waals surface area (Å²) >= 11 is 0. The van der Waals surface area contributed by atoms with Crippen LogP contribution in [0.15, 0.2) is 49.3 Å². The van der Waals surface area contributed by atoms with Crippen molar-refractivity contribution in [3.8, 4) is 5.75 Å². The summed E-state index contributed by atoms with van der Waals surface area (Å²) in [6.45, 7) is 0.268. The molecular formula is C26H32N8O6. The summed E-state index contributed by atoms with van der Waals surface area (Å²) in [6, 6.07) is 2.15. The number of aromatic hydroxyl groups is 1. The fraction of sp³-hybridized carbons (Fsp3) is 0.385. The Balaban J connectivity index is 1.45. The van der Waals surface area contributed by atoms with Gasteiger partial charge in [0.15, 0.2) is 0 Å². The van der Waals surface area contributed by atoms with Gasteiger partial charge in [-0.1, -0.05) is 12.1 Å². The molecule has 8 N–H and O–H groups in total. The average molecular weight is 553 g/mol. The molecule has 14 nitrogen and oxygen atoms in total. The molecule has 3 aromatic rings. The number of hydrogen-bond acceptors (Lipinski definition) is 8. The zero-order valence-corrected chi connectivity index (χ0v) is 21.6. The van der Waals surface area contributed by atoms with Crippen LogP contribution in [0, 0.1) is 0 Å². The van der Waals surface area contributed by atoms with Gasteiger partial charge in [0.25, 0.3) is 0 Å². The molecule has 1 aliphatic rings. The maximum absolute atomic E-state index is 13.7. The van der Waals surface area contributed by atoms with Crippen LogP contribution in [0.3, 0.4) is 0 Å². The molecule has 1 saturated heterocycles. The summed E-state index contributed by atoms with van der Waals surface area (Å²) in [5.74, 6) is -2.76. The van der Waals surface area contributed by atoms with E-state index in [1.165, 1.54) is 42.1 Å². The van der Waals surface area contributed by atoms with Crippen molar-refractivity contribution in [2.24, 2.45) is 5.73 Å². The van der Waals surface area contributed by atoms with Gasteiger partial charge in [-0.2, -0.15) is 0 Å². The Kier molecular flexibility index (Phi) is 9.11. The lowest BCUT2D eigenvalue weighted by molar-refractivity contribution is -0.144. The van der Waals surface area contributed by atoms with Crippen molar-refractivity contribution in [1.82, 2.24) is 35.5 Å². The van der Waals surface area contributed by atoms with Gasteiger partial charge in [-0.05, 0) is 37.0 Å². The van der Waals surface area contributed by atoms with Crippen molar-refractivity contribution in [1.29, 1.82) is 0 Å². The molecule has 4 atom stereocenters. The van der Waals surface area contributed by atoms with E-state index < -0.39 is 47.9 Å². The van der Waals surface area contributed by atoms with Crippen LogP contribution < -0.4 is 16.4 Å². The number of phenolic OH excluding ortho intramolecular Hbond substituents is 1. The number of likely N-dealkylation sites (tertiary alicyclic amines) is 1. The molecule has 40 heavy (non-hydrogen) atoms. The molecule has 3 heterocycles. The summed E-state index contributed by atoms with van der Waals surface area (Å²) in [6.07, 6.45) is 7.01. The van der Waals surface area contributed by atoms with E-state index >= 15 is 0 Å². The van der Waals surface area contributed by atoms with Gasteiger partial charge in [0.1, 0.15) is 23.9 Å². The molecule has 212 valence electrons. The Morgan fingerprint density at radius 3 is 2.17 bits per heavy atom. The van der Waals surface area contributed by atoms with Gasteiger partial charge in [-0.3, -0.25) is 14.4 Å². The van der Waals surface area contributed by atoms with Crippen molar-refractivity contribution in [2.75, 3.05) is 6.54 Å². The van der Waals surface area contributed by atoms with Crippen LogP contribution in [0.1, 0.15) is 29.8 Å². The Bertz CT molecular complexity index is 1300. The molecule has 1 aliphatic heterocycles. The number of aromatic amines is 2. The lowest BCUT2D eigenvalue weighted by Gasteiger charge is -2.30. The number of H-pyrrole nitrogens is 2. The topological polar surface area (TPSA) is 219 Å². The minimum Gasteiger partial charge on any atom is -0.508 e. The van der Waals surface area contributed by atoms with E-state index in [1.807, 2.05) is 0 Å². The van der Waals surface area contributed by atoms with Crippen molar-refractivity contribution in [3.63, 3.8) is 0 Å². The molecule has 2 aromatic heterocycles. The third-order valence-electron chi connectivity index (χ3n) is 6.75. The van der Waals surface area contributed by atoms with E-state index in [4.69, 9.17) is 5.73 Å². The second-order valence-electron chi connectivity index (χ2n) is 9.69. The molecule has 0 saturated carbocycles. The number of carbonyl (C=O) groups is 4. The van der Waals surface area contributed by atoms with Crippen molar-refractivity contribution < 1.29 is 29.4 Å². The van der Waals surface area contributed by atoms with E-state index in [-0.39, 0.29) is 31.6 Å². The first-order valence-corrected chi connectivity index (χ1v) is 12.8. The highest BCUT2D eigenvalue weighted by Crippen LogP contribution is 2.20. The highest BCUT2D eigenvalue weighted by Gasteiger charge is 2.39. The first kappa shape index (κ1) is 28.3. The van der Waals surface area contributed by atoms with Crippen LogP contribution in [-0.2, 0) is 38.4 Å². The number of aromatic nitrogens is 4. The Morgan fingerprint density at radius 1 is 0.975 bits per heavy atom. The number of carboxylic acids is 1. The predicted octanol–water partition coefficient (Wildman–Crippen LogP) is -0.761. The Labute approximate surface area is 229 Å². The summed E-state index contributed by atoms with van der Waals surface area (Å²) in [4.78, 5) is 66.6. The normalized spacial score (nSPS) is 17.1. The first-order valence-electron chi connectivity index (χ1n) is 12.8. The SMILES string of the molecule is NC(Cc1ccc(O)cc1)C(=O)NC(Cc1cnc[nH]1)C(=O)N1CCCC1C(=O)NC(Cc1cnc[nH]1)C(=O)O. The van der Waals surface area contributed by atoms with E-state index in [0.717, 1.165) is 5.56 Å². The minimum atomic E-state index is -1.22. The average Bonchev–Trinajstić information content (AvgIpc) is 3.72. The van der Waals surface area contributed by atoms with Crippen LogP contribution in [0.4, 0.5) is 0 Å². The number of rotatable bonds is 12. The zero-order valence-electron chi connectivity index (χ0n) is 21.6. The second-order valence-corrected chi connectivity index (χ2v) is 9.69. The third kappa shape index (κ3) is 7.22. The van der Waals surface area contributed by atoms with E-state index in [1.54, 1.807) is 12.1 Å². The third-order valence-corrected chi connectivity index (χ3v) is 6.75. The summed E-state index contributed by atoms with van der Waals surface area (Å²) in [7, 11) is 0. The number of amides is 3. The lowest BCUT2D eigenvalue weighted by atomic mass is 10.0. The maximum Gasteiger partial charge on any atom is 0.326 e. The largest absolute Gasteiger partial charge is 0.508 e. The van der Waals surface area contributed by atoms with Gasteiger partial charge in [-0.25, -0.2) is 14.8 Å². The molecule has 14 heteroatoms. The van der Waals surface area contributed by atoms with Gasteiger partial charge in [0.2, 0.25) is 17.7 Å². The van der Waals surface area contributed by atoms with Gasteiger partial charge in [0, 0.05) is 43.2 Å². The van der Waals surface area contributed by atoms with Crippen LogP contribution >= 0.6 is 0 Å². The molecule has 0 aliphatic carbocycles. The first-order chi connectivity index (χ1) is 19.2. The number of benzene rings is 1. The molecule has 4 rings (SSSR count). The maximum atomic E-state index is 13.7. The predicted molar refractivity (Wildman–Crippen MR) is 141 cm³/mol. The Hall–Kier alpha value is -4.72. The number of carboxylic acid groups (broad SMARTS) is 1. The van der Waals surface area contributed by atoms with Gasteiger partial charge < -0.3 is 41.4 Å². The fourth-order valence-corrected chi connectivity index (χ4v) is 4.66. The van der Waals surface area contributed by atoms with Crippen LogP contribution in [0.25, 0.3) is 0 Å². The number of carbonyl (C=O) groups excluding carboxylic acids is 3. The van der Waals surface area contributed by atoms with E-state index in [2.05, 4.69) is 30.6 Å². The number of hydrogen-bond donors (Lipinski definition) is 7. The van der Waals surface area contributed by atoms with E-state index in [0.29, 0.717) is 24.2 Å². The van der Waals surface area contributed by atoms with Gasteiger partial charge in [0.05, 0.1) is 18.7 Å². The molecule has 0 radical (unpaired) electrons. The van der Waals surface area contributed by atoms with Crippen LogP contribution in [0.5, 0.6) is 5.75 Å². The number of nitrogens with two attached hydrogens (primary N) is 1. The van der Waals surface area contributed by atoms with Crippen LogP contribution in [0.2, 0.25) is 0 Å². The van der Waals surface area contributed by atoms with Crippen molar-refractivity contribution in [3.05, 3.63) is 66.3 Å². The number of nitrogens with one attached hydrogen (secondary N) is 4. The molecule has 1 fully saturated rings. The Morgan fingerprint density at radius 2 is 1.60 bits per heavy atom. The molecule has 4 unspecified atom stereocenters.